The molecule has 1 aromatic rings. The summed E-state index contributed by atoms with van der Waals surface area (Å²) in [5, 5.41) is 0. The summed E-state index contributed by atoms with van der Waals surface area (Å²) in [5.74, 6) is 0.595. The number of hydrogen-bond donors (Lipinski definition) is 0. The Morgan fingerprint density at radius 2 is 1.66 bits per heavy atom. The van der Waals surface area contributed by atoms with Crippen LogP contribution in [-0.4, -0.2) is 66.3 Å². The summed E-state index contributed by atoms with van der Waals surface area (Å²) in [6.07, 6.45) is 6.71. The van der Waals surface area contributed by atoms with Gasteiger partial charge in [-0.2, -0.15) is 0 Å². The first-order valence-electron chi connectivity index (χ1n) is 12.5. The number of benzene rings is 1. The Balaban J connectivity index is 1.39. The highest BCUT2D eigenvalue weighted by Crippen LogP contribution is 2.31. The van der Waals surface area contributed by atoms with Gasteiger partial charge in [0.2, 0.25) is 11.8 Å². The third-order valence-electron chi connectivity index (χ3n) is 7.33. The summed E-state index contributed by atoms with van der Waals surface area (Å²) >= 11 is 0. The van der Waals surface area contributed by atoms with Crippen LogP contribution in [0.3, 0.4) is 0 Å². The molecule has 176 valence electrons. The van der Waals surface area contributed by atoms with Crippen molar-refractivity contribution < 1.29 is 19.1 Å². The summed E-state index contributed by atoms with van der Waals surface area (Å²) in [4.78, 5) is 30.6. The van der Waals surface area contributed by atoms with Crippen LogP contribution in [0, 0.1) is 5.92 Å². The molecule has 6 heteroatoms. The van der Waals surface area contributed by atoms with Crippen molar-refractivity contribution in [3.05, 3.63) is 35.4 Å². The fraction of sp³-hybridized carbons (Fsp3) is 0.692. The Morgan fingerprint density at radius 1 is 0.969 bits per heavy atom. The van der Waals surface area contributed by atoms with E-state index in [0.717, 1.165) is 51.5 Å². The number of fused-ring (bicyclic) bond motifs is 1. The minimum absolute atomic E-state index is 0.0604. The maximum Gasteiger partial charge on any atom is 0.245 e. The number of amides is 2. The average molecular weight is 443 g/mol. The lowest BCUT2D eigenvalue weighted by Crippen LogP contribution is -2.52. The van der Waals surface area contributed by atoms with Crippen molar-refractivity contribution in [1.29, 1.82) is 0 Å². The van der Waals surface area contributed by atoms with E-state index >= 15 is 0 Å². The van der Waals surface area contributed by atoms with Gasteiger partial charge in [0.25, 0.3) is 0 Å². The Morgan fingerprint density at radius 3 is 2.41 bits per heavy atom. The molecule has 0 aromatic heterocycles. The molecule has 2 saturated heterocycles. The van der Waals surface area contributed by atoms with Crippen molar-refractivity contribution in [1.82, 2.24) is 9.80 Å². The number of carbonyl (C=O) groups is 2. The summed E-state index contributed by atoms with van der Waals surface area (Å²) in [6.45, 7) is 6.43. The Hall–Kier alpha value is -1.92. The zero-order valence-corrected chi connectivity index (χ0v) is 19.6. The average Bonchev–Trinajstić information content (AvgIpc) is 3.48. The molecule has 0 spiro atoms. The predicted molar refractivity (Wildman–Crippen MR) is 123 cm³/mol. The van der Waals surface area contributed by atoms with Crippen molar-refractivity contribution in [2.24, 2.45) is 5.92 Å². The van der Waals surface area contributed by atoms with Crippen LogP contribution in [0.1, 0.15) is 63.5 Å². The van der Waals surface area contributed by atoms with Gasteiger partial charge in [-0.1, -0.05) is 24.3 Å². The van der Waals surface area contributed by atoms with E-state index in [-0.39, 0.29) is 30.2 Å². The molecule has 3 atom stereocenters. The topological polar surface area (TPSA) is 59.1 Å². The predicted octanol–water partition coefficient (Wildman–Crippen LogP) is 3.56. The summed E-state index contributed by atoms with van der Waals surface area (Å²) in [6, 6.07) is 8.18. The van der Waals surface area contributed by atoms with Crippen molar-refractivity contribution in [3.8, 4) is 0 Å². The maximum atomic E-state index is 13.6. The normalized spacial score (nSPS) is 25.4. The molecule has 1 aliphatic carbocycles. The van der Waals surface area contributed by atoms with E-state index < -0.39 is 0 Å². The molecule has 0 saturated carbocycles. The van der Waals surface area contributed by atoms with Gasteiger partial charge in [0.1, 0.15) is 6.04 Å². The molecular weight excluding hydrogens is 404 g/mol. The van der Waals surface area contributed by atoms with E-state index in [1.807, 2.05) is 23.6 Å². The molecule has 3 aliphatic rings. The van der Waals surface area contributed by atoms with Gasteiger partial charge in [-0.15, -0.1) is 0 Å². The second-order valence-corrected chi connectivity index (χ2v) is 9.35. The SMILES string of the molecule is CCOC(OCC)[C@@H]1CCCN1C(=O)[C@@H]1CCCN1C(=O)C[C@@H]1CCc2ccccc2C1. The van der Waals surface area contributed by atoms with E-state index in [2.05, 4.69) is 24.3 Å². The van der Waals surface area contributed by atoms with Crippen LogP contribution in [0.5, 0.6) is 0 Å². The Bertz CT molecular complexity index is 792. The lowest BCUT2D eigenvalue weighted by molar-refractivity contribution is -0.177. The summed E-state index contributed by atoms with van der Waals surface area (Å²) < 4.78 is 11.6. The van der Waals surface area contributed by atoms with Gasteiger partial charge in [0, 0.05) is 32.7 Å². The van der Waals surface area contributed by atoms with Gasteiger partial charge in [-0.25, -0.2) is 0 Å². The number of carbonyl (C=O) groups excluding carboxylic acids is 2. The molecule has 4 rings (SSSR count). The number of nitrogens with zero attached hydrogens (tertiary/aromatic N) is 2. The van der Waals surface area contributed by atoms with E-state index in [1.165, 1.54) is 11.1 Å². The highest BCUT2D eigenvalue weighted by atomic mass is 16.7. The zero-order valence-electron chi connectivity index (χ0n) is 19.6. The highest BCUT2D eigenvalue weighted by Gasteiger charge is 2.43. The Labute approximate surface area is 192 Å². The van der Waals surface area contributed by atoms with Gasteiger partial charge in [-0.05, 0) is 75.8 Å². The van der Waals surface area contributed by atoms with Crippen molar-refractivity contribution in [2.45, 2.75) is 83.6 Å². The maximum absolute atomic E-state index is 13.6. The first kappa shape index (κ1) is 23.2. The lowest BCUT2D eigenvalue weighted by Gasteiger charge is -2.35. The van der Waals surface area contributed by atoms with Gasteiger partial charge < -0.3 is 19.3 Å². The first-order valence-corrected chi connectivity index (χ1v) is 12.5. The van der Waals surface area contributed by atoms with Crippen molar-refractivity contribution in [2.75, 3.05) is 26.3 Å². The molecule has 1 aromatic carbocycles. The van der Waals surface area contributed by atoms with Crippen LogP contribution < -0.4 is 0 Å². The second kappa shape index (κ2) is 10.8. The number of aryl methyl sites for hydroxylation is 1. The molecule has 0 unspecified atom stereocenters. The fourth-order valence-corrected chi connectivity index (χ4v) is 5.77. The van der Waals surface area contributed by atoms with E-state index in [9.17, 15) is 9.59 Å². The third-order valence-corrected chi connectivity index (χ3v) is 7.33. The van der Waals surface area contributed by atoms with Crippen LogP contribution >= 0.6 is 0 Å². The number of ether oxygens (including phenoxy) is 2. The van der Waals surface area contributed by atoms with Crippen LogP contribution in [0.2, 0.25) is 0 Å². The van der Waals surface area contributed by atoms with Crippen LogP contribution in [0.25, 0.3) is 0 Å². The van der Waals surface area contributed by atoms with E-state index in [4.69, 9.17) is 9.47 Å². The molecule has 2 fully saturated rings. The zero-order chi connectivity index (χ0) is 22.5. The van der Waals surface area contributed by atoms with E-state index in [1.54, 1.807) is 0 Å². The van der Waals surface area contributed by atoms with Gasteiger partial charge in [0.15, 0.2) is 6.29 Å². The smallest absolute Gasteiger partial charge is 0.245 e. The monoisotopic (exact) mass is 442 g/mol. The summed E-state index contributed by atoms with van der Waals surface area (Å²) in [7, 11) is 0. The second-order valence-electron chi connectivity index (χ2n) is 9.35. The quantitative estimate of drug-likeness (QED) is 0.578. The lowest BCUT2D eigenvalue weighted by atomic mass is 9.82. The van der Waals surface area contributed by atoms with Gasteiger partial charge >= 0.3 is 0 Å². The molecule has 2 aliphatic heterocycles. The minimum atomic E-state index is -0.385. The number of rotatable bonds is 8. The molecule has 0 bridgehead atoms. The number of hydrogen-bond acceptors (Lipinski definition) is 4. The van der Waals surface area contributed by atoms with Crippen LogP contribution in [0.15, 0.2) is 24.3 Å². The van der Waals surface area contributed by atoms with Crippen LogP contribution in [-0.2, 0) is 31.9 Å². The van der Waals surface area contributed by atoms with Crippen LogP contribution in [0.4, 0.5) is 0 Å². The molecular formula is C26H38N2O4. The van der Waals surface area contributed by atoms with E-state index in [0.29, 0.717) is 32.1 Å². The highest BCUT2D eigenvalue weighted by molar-refractivity contribution is 5.88. The Kier molecular flexibility index (Phi) is 7.84. The third kappa shape index (κ3) is 5.01. The molecule has 32 heavy (non-hydrogen) atoms. The fourth-order valence-electron chi connectivity index (χ4n) is 5.77. The molecule has 2 amide bonds. The molecule has 2 heterocycles. The minimum Gasteiger partial charge on any atom is -0.351 e. The number of likely N-dealkylation sites (tertiary alicyclic amines) is 2. The van der Waals surface area contributed by atoms with Gasteiger partial charge in [0.05, 0.1) is 6.04 Å². The largest absolute Gasteiger partial charge is 0.351 e. The molecule has 6 nitrogen and oxygen atoms in total. The molecule has 0 radical (unpaired) electrons. The first-order chi connectivity index (χ1) is 15.6. The molecule has 0 N–H and O–H groups in total. The van der Waals surface area contributed by atoms with Crippen molar-refractivity contribution in [3.63, 3.8) is 0 Å². The standard InChI is InChI=1S/C26H38N2O4/c1-3-31-26(32-4-2)23-12-8-16-28(23)25(30)22-11-7-15-27(22)24(29)18-19-13-14-20-9-5-6-10-21(20)17-19/h5-6,9-10,19,22-23,26H,3-4,7-8,11-18H2,1-2H3/t19-,22+,23+/m1/s1. The summed E-state index contributed by atoms with van der Waals surface area (Å²) in [5.41, 5.74) is 2.80. The van der Waals surface area contributed by atoms with Crippen molar-refractivity contribution >= 4 is 11.8 Å². The van der Waals surface area contributed by atoms with Gasteiger partial charge in [-0.3, -0.25) is 9.59 Å².